The third-order valence-corrected chi connectivity index (χ3v) is 3.40. The summed E-state index contributed by atoms with van der Waals surface area (Å²) < 4.78 is 5.91. The van der Waals surface area contributed by atoms with Gasteiger partial charge >= 0.3 is 0 Å². The van der Waals surface area contributed by atoms with Gasteiger partial charge < -0.3 is 14.4 Å². The molecule has 0 bridgehead atoms. The predicted molar refractivity (Wildman–Crippen MR) is 71.9 cm³/mol. The Balaban J connectivity index is 1.97. The summed E-state index contributed by atoms with van der Waals surface area (Å²) in [7, 11) is 0. The van der Waals surface area contributed by atoms with Crippen LogP contribution in [0.4, 0.5) is 0 Å². The number of β-amino-alcohol motifs (C(OH)–C–C–N with tert-alkyl or cyclic N) is 1. The van der Waals surface area contributed by atoms with Crippen LogP contribution in [0.5, 0.6) is 0 Å². The van der Waals surface area contributed by atoms with Crippen LogP contribution < -0.4 is 0 Å². The molecule has 0 aliphatic carbocycles. The lowest BCUT2D eigenvalue weighted by Gasteiger charge is -2.36. The van der Waals surface area contributed by atoms with Crippen molar-refractivity contribution in [1.29, 1.82) is 0 Å². The smallest absolute Gasteiger partial charge is 0.246 e. The molecule has 0 spiro atoms. The molecule has 0 saturated carbocycles. The Morgan fingerprint density at radius 2 is 2.39 bits per heavy atom. The van der Waals surface area contributed by atoms with Gasteiger partial charge in [-0.05, 0) is 53.9 Å². The molecule has 1 amide bonds. The number of carbonyl (C=O) groups excluding carboxylic acids is 1. The highest BCUT2D eigenvalue weighted by atomic mass is 79.9. The van der Waals surface area contributed by atoms with Crippen LogP contribution in [0.2, 0.25) is 0 Å². The van der Waals surface area contributed by atoms with Crippen molar-refractivity contribution in [2.24, 2.45) is 0 Å². The molecule has 0 aromatic carbocycles. The van der Waals surface area contributed by atoms with Crippen LogP contribution in [0.15, 0.2) is 27.3 Å². The minimum Gasteiger partial charge on any atom is -0.450 e. The standard InChI is InChI=1S/C13H16BrNO3/c1-13(17)7-2-8-15(9-13)12(16)6-4-10-3-5-11(14)18-10/h3-6,17H,2,7-9H2,1H3/b6-4+. The second-order valence-corrected chi connectivity index (χ2v) is 5.62. The number of furan rings is 1. The van der Waals surface area contributed by atoms with E-state index in [0.717, 1.165) is 12.8 Å². The summed E-state index contributed by atoms with van der Waals surface area (Å²) in [6.07, 6.45) is 4.69. The second kappa shape index (κ2) is 5.28. The largest absolute Gasteiger partial charge is 0.450 e. The fraction of sp³-hybridized carbons (Fsp3) is 0.462. The zero-order valence-corrected chi connectivity index (χ0v) is 11.8. The monoisotopic (exact) mass is 313 g/mol. The van der Waals surface area contributed by atoms with Gasteiger partial charge in [0.15, 0.2) is 4.67 Å². The van der Waals surface area contributed by atoms with Crippen LogP contribution in [-0.2, 0) is 4.79 Å². The summed E-state index contributed by atoms with van der Waals surface area (Å²) in [6, 6.07) is 3.55. The maximum absolute atomic E-state index is 11.9. The Morgan fingerprint density at radius 1 is 1.61 bits per heavy atom. The first-order valence-corrected chi connectivity index (χ1v) is 6.70. The summed E-state index contributed by atoms with van der Waals surface area (Å²) in [6.45, 7) is 2.85. The van der Waals surface area contributed by atoms with E-state index < -0.39 is 5.60 Å². The van der Waals surface area contributed by atoms with Gasteiger partial charge in [-0.3, -0.25) is 4.79 Å². The van der Waals surface area contributed by atoms with E-state index in [2.05, 4.69) is 15.9 Å². The highest BCUT2D eigenvalue weighted by Gasteiger charge is 2.29. The lowest BCUT2D eigenvalue weighted by molar-refractivity contribution is -0.132. The number of nitrogens with zero attached hydrogens (tertiary/aromatic N) is 1. The molecular formula is C13H16BrNO3. The normalized spacial score (nSPS) is 24.7. The minimum atomic E-state index is -0.768. The average molecular weight is 314 g/mol. The quantitative estimate of drug-likeness (QED) is 0.853. The molecule has 1 N–H and O–H groups in total. The molecule has 1 saturated heterocycles. The lowest BCUT2D eigenvalue weighted by atomic mass is 9.95. The van der Waals surface area contributed by atoms with E-state index in [1.165, 1.54) is 6.08 Å². The average Bonchev–Trinajstić information content (AvgIpc) is 2.70. The molecule has 1 aliphatic rings. The fourth-order valence-electron chi connectivity index (χ4n) is 2.08. The van der Waals surface area contributed by atoms with E-state index in [1.807, 2.05) is 0 Å². The molecule has 1 aromatic rings. The van der Waals surface area contributed by atoms with Crippen molar-refractivity contribution in [2.45, 2.75) is 25.4 Å². The third kappa shape index (κ3) is 3.46. The van der Waals surface area contributed by atoms with Gasteiger partial charge in [-0.1, -0.05) is 0 Å². The number of amides is 1. The van der Waals surface area contributed by atoms with Crippen molar-refractivity contribution in [3.05, 3.63) is 28.6 Å². The van der Waals surface area contributed by atoms with Gasteiger partial charge in [0.2, 0.25) is 5.91 Å². The lowest BCUT2D eigenvalue weighted by Crippen LogP contribution is -2.48. The number of likely N-dealkylation sites (tertiary alicyclic amines) is 1. The van der Waals surface area contributed by atoms with Gasteiger partial charge in [0.25, 0.3) is 0 Å². The molecule has 1 aliphatic heterocycles. The number of aliphatic hydroxyl groups is 1. The van der Waals surface area contributed by atoms with Crippen molar-refractivity contribution in [3.63, 3.8) is 0 Å². The number of rotatable bonds is 2. The number of piperidine rings is 1. The van der Waals surface area contributed by atoms with Crippen molar-refractivity contribution in [3.8, 4) is 0 Å². The summed E-state index contributed by atoms with van der Waals surface area (Å²) in [5.74, 6) is 0.529. The van der Waals surface area contributed by atoms with Gasteiger partial charge in [0, 0.05) is 19.2 Å². The third-order valence-electron chi connectivity index (χ3n) is 2.97. The first-order valence-electron chi connectivity index (χ1n) is 5.91. The molecule has 1 atom stereocenters. The number of halogens is 1. The maximum Gasteiger partial charge on any atom is 0.246 e. The van der Waals surface area contributed by atoms with Crippen molar-refractivity contribution in [1.82, 2.24) is 4.90 Å². The molecule has 1 aromatic heterocycles. The maximum atomic E-state index is 11.9. The van der Waals surface area contributed by atoms with Gasteiger partial charge in [-0.25, -0.2) is 0 Å². The minimum absolute atomic E-state index is 0.0949. The summed E-state index contributed by atoms with van der Waals surface area (Å²) in [5, 5.41) is 9.94. The molecule has 2 rings (SSSR count). The number of carbonyl (C=O) groups is 1. The van der Waals surface area contributed by atoms with Crippen LogP contribution in [0.3, 0.4) is 0 Å². The first kappa shape index (κ1) is 13.4. The molecule has 4 nitrogen and oxygen atoms in total. The Morgan fingerprint density at radius 3 is 3.00 bits per heavy atom. The van der Waals surface area contributed by atoms with Crippen molar-refractivity contribution >= 4 is 27.9 Å². The van der Waals surface area contributed by atoms with Crippen molar-refractivity contribution in [2.75, 3.05) is 13.1 Å². The highest BCUT2D eigenvalue weighted by Crippen LogP contribution is 2.21. The van der Waals surface area contributed by atoms with Crippen LogP contribution in [0, 0.1) is 0 Å². The Kier molecular flexibility index (Phi) is 3.92. The predicted octanol–water partition coefficient (Wildman–Crippen LogP) is 2.43. The van der Waals surface area contributed by atoms with Crippen LogP contribution in [-0.4, -0.2) is 34.6 Å². The van der Waals surface area contributed by atoms with Gasteiger partial charge in [0.1, 0.15) is 5.76 Å². The van der Waals surface area contributed by atoms with Gasteiger partial charge in [-0.15, -0.1) is 0 Å². The molecule has 0 radical (unpaired) electrons. The molecular weight excluding hydrogens is 298 g/mol. The molecule has 1 fully saturated rings. The zero-order chi connectivity index (χ0) is 13.2. The number of hydrogen-bond acceptors (Lipinski definition) is 3. The van der Waals surface area contributed by atoms with E-state index in [-0.39, 0.29) is 5.91 Å². The SMILES string of the molecule is CC1(O)CCCN(C(=O)/C=C/c2ccc(Br)o2)C1. The van der Waals surface area contributed by atoms with E-state index in [0.29, 0.717) is 23.5 Å². The Bertz CT molecular complexity index is 465. The Hall–Kier alpha value is -1.07. The topological polar surface area (TPSA) is 53.7 Å². The summed E-state index contributed by atoms with van der Waals surface area (Å²) >= 11 is 3.20. The Labute approximate surface area is 114 Å². The highest BCUT2D eigenvalue weighted by molar-refractivity contribution is 9.10. The molecule has 18 heavy (non-hydrogen) atoms. The molecule has 5 heteroatoms. The van der Waals surface area contributed by atoms with E-state index in [4.69, 9.17) is 4.42 Å². The summed E-state index contributed by atoms with van der Waals surface area (Å²) in [5.41, 5.74) is -0.768. The van der Waals surface area contributed by atoms with Gasteiger partial charge in [0.05, 0.1) is 5.60 Å². The van der Waals surface area contributed by atoms with Crippen molar-refractivity contribution < 1.29 is 14.3 Å². The van der Waals surface area contributed by atoms with Crippen LogP contribution in [0.25, 0.3) is 6.08 Å². The van der Waals surface area contributed by atoms with E-state index >= 15 is 0 Å². The van der Waals surface area contributed by atoms with Crippen LogP contribution in [0.1, 0.15) is 25.5 Å². The fourth-order valence-corrected chi connectivity index (χ4v) is 2.40. The van der Waals surface area contributed by atoms with E-state index in [1.54, 1.807) is 30.0 Å². The van der Waals surface area contributed by atoms with E-state index in [9.17, 15) is 9.90 Å². The second-order valence-electron chi connectivity index (χ2n) is 4.84. The van der Waals surface area contributed by atoms with Gasteiger partial charge in [-0.2, -0.15) is 0 Å². The molecule has 2 heterocycles. The molecule has 98 valence electrons. The zero-order valence-electron chi connectivity index (χ0n) is 10.2. The first-order chi connectivity index (χ1) is 8.46. The summed E-state index contributed by atoms with van der Waals surface area (Å²) in [4.78, 5) is 13.6. The van der Waals surface area contributed by atoms with Crippen LogP contribution >= 0.6 is 15.9 Å². The number of hydrogen-bond donors (Lipinski definition) is 1. The molecule has 1 unspecified atom stereocenters.